The Bertz CT molecular complexity index is 423. The van der Waals surface area contributed by atoms with E-state index in [2.05, 4.69) is 15.6 Å². The van der Waals surface area contributed by atoms with Gasteiger partial charge in [0.2, 0.25) is 11.8 Å². The summed E-state index contributed by atoms with van der Waals surface area (Å²) in [6, 6.07) is 0. The van der Waals surface area contributed by atoms with Gasteiger partial charge in [-0.1, -0.05) is 0 Å². The second-order valence-corrected chi connectivity index (χ2v) is 5.72. The van der Waals surface area contributed by atoms with E-state index in [1.54, 1.807) is 4.90 Å². The molecule has 24 heavy (non-hydrogen) atoms. The Kier molecular flexibility index (Phi) is 11.8. The number of guanidine groups is 1. The molecule has 8 heteroatoms. The highest BCUT2D eigenvalue weighted by molar-refractivity contribution is 14.0. The first-order chi connectivity index (χ1) is 11.0. The largest absolute Gasteiger partial charge is 0.357 e. The minimum absolute atomic E-state index is 0. The van der Waals surface area contributed by atoms with E-state index in [0.717, 1.165) is 19.4 Å². The van der Waals surface area contributed by atoms with E-state index in [1.807, 2.05) is 32.7 Å². The normalized spacial score (nSPS) is 13.8. The summed E-state index contributed by atoms with van der Waals surface area (Å²) in [4.78, 5) is 31.8. The maximum absolute atomic E-state index is 12.2. The van der Waals surface area contributed by atoms with E-state index in [1.165, 1.54) is 0 Å². The van der Waals surface area contributed by atoms with E-state index < -0.39 is 0 Å². The summed E-state index contributed by atoms with van der Waals surface area (Å²) in [5.74, 6) is 1.13. The highest BCUT2D eigenvalue weighted by Gasteiger charge is 2.28. The first-order valence-electron chi connectivity index (χ1n) is 8.58. The van der Waals surface area contributed by atoms with Crippen LogP contribution in [0.25, 0.3) is 0 Å². The fourth-order valence-corrected chi connectivity index (χ4v) is 2.25. The fourth-order valence-electron chi connectivity index (χ4n) is 2.25. The van der Waals surface area contributed by atoms with Crippen LogP contribution in [0.5, 0.6) is 0 Å². The summed E-state index contributed by atoms with van der Waals surface area (Å²) in [6.45, 7) is 9.43. The number of nitrogens with zero attached hydrogens (tertiary/aromatic N) is 3. The van der Waals surface area contributed by atoms with Crippen molar-refractivity contribution in [2.45, 2.75) is 33.6 Å². The van der Waals surface area contributed by atoms with Crippen molar-refractivity contribution in [1.29, 1.82) is 0 Å². The first kappa shape index (κ1) is 22.9. The molecule has 0 aromatic heterocycles. The van der Waals surface area contributed by atoms with Crippen molar-refractivity contribution in [3.63, 3.8) is 0 Å². The summed E-state index contributed by atoms with van der Waals surface area (Å²) >= 11 is 0. The number of hydrogen-bond acceptors (Lipinski definition) is 3. The third kappa shape index (κ3) is 8.16. The van der Waals surface area contributed by atoms with Crippen molar-refractivity contribution in [3.8, 4) is 0 Å². The topological polar surface area (TPSA) is 77.0 Å². The van der Waals surface area contributed by atoms with E-state index in [9.17, 15) is 9.59 Å². The third-order valence-corrected chi connectivity index (χ3v) is 3.81. The number of likely N-dealkylation sites (N-methyl/N-ethyl adjacent to an activating group) is 2. The van der Waals surface area contributed by atoms with Crippen LogP contribution in [0.4, 0.5) is 0 Å². The van der Waals surface area contributed by atoms with Gasteiger partial charge >= 0.3 is 0 Å². The molecule has 1 aliphatic rings. The number of rotatable bonds is 9. The average Bonchev–Trinajstić information content (AvgIpc) is 3.36. The number of halogens is 1. The molecule has 1 aliphatic carbocycles. The molecule has 0 radical (unpaired) electrons. The van der Waals surface area contributed by atoms with Crippen LogP contribution in [0.15, 0.2) is 4.99 Å². The highest BCUT2D eigenvalue weighted by atomic mass is 127. The molecule has 0 unspecified atom stereocenters. The number of carbonyl (C=O) groups excluding carboxylic acids is 2. The molecule has 0 bridgehead atoms. The first-order valence-corrected chi connectivity index (χ1v) is 8.58. The zero-order chi connectivity index (χ0) is 17.2. The highest BCUT2D eigenvalue weighted by Crippen LogP contribution is 2.28. The molecule has 0 saturated heterocycles. The molecule has 1 saturated carbocycles. The number of carbonyl (C=O) groups is 2. The van der Waals surface area contributed by atoms with E-state index >= 15 is 0 Å². The predicted octanol–water partition coefficient (Wildman–Crippen LogP) is 0.896. The van der Waals surface area contributed by atoms with Crippen LogP contribution < -0.4 is 10.6 Å². The molecule has 2 amide bonds. The molecule has 0 aromatic rings. The van der Waals surface area contributed by atoms with Gasteiger partial charge in [0.1, 0.15) is 0 Å². The van der Waals surface area contributed by atoms with Gasteiger partial charge in [0.25, 0.3) is 0 Å². The lowest BCUT2D eigenvalue weighted by atomic mass is 10.4. The Labute approximate surface area is 162 Å². The maximum Gasteiger partial charge on any atom is 0.242 e. The zero-order valence-corrected chi connectivity index (χ0v) is 17.6. The van der Waals surface area contributed by atoms with Gasteiger partial charge in [-0.05, 0) is 33.6 Å². The van der Waals surface area contributed by atoms with Gasteiger partial charge in [-0.15, -0.1) is 24.0 Å². The molecule has 1 rings (SSSR count). The fraction of sp³-hybridized carbons (Fsp3) is 0.812. The van der Waals surface area contributed by atoms with Crippen LogP contribution in [-0.4, -0.2) is 73.9 Å². The Morgan fingerprint density at radius 3 is 2.25 bits per heavy atom. The van der Waals surface area contributed by atoms with Crippen LogP contribution in [0, 0.1) is 5.92 Å². The van der Waals surface area contributed by atoms with Crippen LogP contribution in [-0.2, 0) is 9.59 Å². The van der Waals surface area contributed by atoms with Gasteiger partial charge in [0.05, 0.1) is 13.1 Å². The summed E-state index contributed by atoms with van der Waals surface area (Å²) in [6.07, 6.45) is 2.02. The quantitative estimate of drug-likeness (QED) is 0.236. The minimum Gasteiger partial charge on any atom is -0.357 e. The smallest absolute Gasteiger partial charge is 0.242 e. The molecule has 1 fully saturated rings. The SMILES string of the molecule is CCNC(=NCCNC(=O)C1CC1)N(C)CC(=O)N(CC)CC.I. The van der Waals surface area contributed by atoms with Gasteiger partial charge in [-0.3, -0.25) is 14.6 Å². The molecule has 0 spiro atoms. The van der Waals surface area contributed by atoms with Crippen LogP contribution in [0.1, 0.15) is 33.6 Å². The summed E-state index contributed by atoms with van der Waals surface area (Å²) in [5.41, 5.74) is 0. The zero-order valence-electron chi connectivity index (χ0n) is 15.3. The van der Waals surface area contributed by atoms with Gasteiger partial charge in [-0.25, -0.2) is 0 Å². The average molecular weight is 453 g/mol. The standard InChI is InChI=1S/C16H31N5O2.HI/c1-5-17-16(19-11-10-18-15(23)13-8-9-13)20(4)12-14(22)21(6-2)7-3;/h13H,5-12H2,1-4H3,(H,17,19)(H,18,23);1H. The van der Waals surface area contributed by atoms with E-state index in [-0.39, 0.29) is 41.7 Å². The lowest BCUT2D eigenvalue weighted by Crippen LogP contribution is -2.46. The molecule has 0 heterocycles. The molecular weight excluding hydrogens is 421 g/mol. The molecule has 0 aromatic carbocycles. The van der Waals surface area contributed by atoms with Crippen LogP contribution in [0.3, 0.4) is 0 Å². The number of aliphatic imine (C=N–C) groups is 1. The molecule has 0 aliphatic heterocycles. The Morgan fingerprint density at radius 2 is 1.75 bits per heavy atom. The number of amides is 2. The Balaban J connectivity index is 0.00000529. The maximum atomic E-state index is 12.2. The second-order valence-electron chi connectivity index (χ2n) is 5.72. The Hall–Kier alpha value is -1.06. The van der Waals surface area contributed by atoms with Crippen molar-refractivity contribution in [3.05, 3.63) is 0 Å². The van der Waals surface area contributed by atoms with Crippen molar-refractivity contribution < 1.29 is 9.59 Å². The summed E-state index contributed by atoms with van der Waals surface area (Å²) in [5, 5.41) is 6.07. The van der Waals surface area contributed by atoms with Gasteiger partial charge in [0, 0.05) is 39.1 Å². The van der Waals surface area contributed by atoms with Crippen molar-refractivity contribution in [2.24, 2.45) is 10.9 Å². The van der Waals surface area contributed by atoms with Crippen molar-refractivity contribution in [1.82, 2.24) is 20.4 Å². The molecule has 2 N–H and O–H groups in total. The monoisotopic (exact) mass is 453 g/mol. The molecule has 7 nitrogen and oxygen atoms in total. The molecule has 140 valence electrons. The third-order valence-electron chi connectivity index (χ3n) is 3.81. The second kappa shape index (κ2) is 12.3. The van der Waals surface area contributed by atoms with Gasteiger partial charge in [-0.2, -0.15) is 0 Å². The van der Waals surface area contributed by atoms with Crippen molar-refractivity contribution >= 4 is 41.8 Å². The molecular formula is C16H32IN5O2. The number of hydrogen-bond donors (Lipinski definition) is 2. The lowest BCUT2D eigenvalue weighted by molar-refractivity contribution is -0.131. The number of nitrogens with one attached hydrogen (secondary N) is 2. The summed E-state index contributed by atoms with van der Waals surface area (Å²) < 4.78 is 0. The minimum atomic E-state index is 0. The van der Waals surface area contributed by atoms with Gasteiger partial charge in [0.15, 0.2) is 5.96 Å². The van der Waals surface area contributed by atoms with E-state index in [4.69, 9.17) is 0 Å². The lowest BCUT2D eigenvalue weighted by Gasteiger charge is -2.25. The Morgan fingerprint density at radius 1 is 1.12 bits per heavy atom. The van der Waals surface area contributed by atoms with E-state index in [0.29, 0.717) is 38.7 Å². The predicted molar refractivity (Wildman–Crippen MR) is 108 cm³/mol. The summed E-state index contributed by atoms with van der Waals surface area (Å²) in [7, 11) is 1.85. The molecule has 0 atom stereocenters. The van der Waals surface area contributed by atoms with Crippen LogP contribution in [0.2, 0.25) is 0 Å². The van der Waals surface area contributed by atoms with Gasteiger partial charge < -0.3 is 20.4 Å². The van der Waals surface area contributed by atoms with Crippen molar-refractivity contribution in [2.75, 3.05) is 46.3 Å². The van der Waals surface area contributed by atoms with Crippen LogP contribution >= 0.6 is 24.0 Å².